The molecule has 2 aliphatic rings. The van der Waals surface area contributed by atoms with Crippen molar-refractivity contribution in [3.63, 3.8) is 0 Å². The number of carbonyl (C=O) groups is 2. The predicted molar refractivity (Wildman–Crippen MR) is 138 cm³/mol. The van der Waals surface area contributed by atoms with Crippen LogP contribution in [0.25, 0.3) is 0 Å². The van der Waals surface area contributed by atoms with Crippen LogP contribution in [0.5, 0.6) is 0 Å². The fraction of sp³-hybridized carbons (Fsp3) is 0.542. The molecule has 1 saturated heterocycles. The van der Waals surface area contributed by atoms with E-state index in [1.165, 1.54) is 11.8 Å². The minimum atomic E-state index is -0.219. The van der Waals surface area contributed by atoms with Gasteiger partial charge in [0.1, 0.15) is 0 Å². The average Bonchev–Trinajstić information content (AvgIpc) is 3.53. The van der Waals surface area contributed by atoms with Crippen molar-refractivity contribution in [3.05, 3.63) is 47.8 Å². The van der Waals surface area contributed by atoms with Gasteiger partial charge in [0.05, 0.1) is 24.6 Å². The van der Waals surface area contributed by atoms with Gasteiger partial charge in [0.2, 0.25) is 5.91 Å². The number of hydrogen-bond donors (Lipinski definition) is 3. The molecule has 0 radical (unpaired) electrons. The molecule has 12 heteroatoms. The number of aliphatic hydroxyl groups is 1. The van der Waals surface area contributed by atoms with Gasteiger partial charge in [-0.1, -0.05) is 47.3 Å². The molecule has 0 aliphatic carbocycles. The Kier molecular flexibility index (Phi) is 9.70. The molecule has 11 nitrogen and oxygen atoms in total. The number of piperidine rings is 1. The second kappa shape index (κ2) is 13.4. The summed E-state index contributed by atoms with van der Waals surface area (Å²) in [5.74, 6) is 0.433. The van der Waals surface area contributed by atoms with Crippen molar-refractivity contribution >= 4 is 28.7 Å². The van der Waals surface area contributed by atoms with E-state index in [0.29, 0.717) is 36.2 Å². The molecule has 3 heterocycles. The predicted octanol–water partition coefficient (Wildman–Crippen LogP) is 0.881. The summed E-state index contributed by atoms with van der Waals surface area (Å²) in [6.07, 6.45) is 5.18. The maximum Gasteiger partial charge on any atom is 0.273 e. The molecule has 1 fully saturated rings. The van der Waals surface area contributed by atoms with Gasteiger partial charge in [0.15, 0.2) is 10.9 Å². The van der Waals surface area contributed by atoms with Crippen LogP contribution in [0.2, 0.25) is 0 Å². The molecule has 1 aromatic carbocycles. The number of unbranched alkanes of at least 4 members (excludes halogenated alkanes) is 1. The van der Waals surface area contributed by atoms with Gasteiger partial charge in [-0.05, 0) is 31.2 Å². The normalized spacial score (nSPS) is 16.7. The molecule has 194 valence electrons. The SMILES string of the molecule is O=C(Cc1ccccc1)NC1=NN(CCCCn2cc(C(=O)NCCN3CCC(O)CC3)nn2)CS1. The first-order valence-corrected chi connectivity index (χ1v) is 13.4. The van der Waals surface area contributed by atoms with Crippen LogP contribution in [-0.4, -0.2) is 91.7 Å². The van der Waals surface area contributed by atoms with Crippen molar-refractivity contribution in [3.8, 4) is 0 Å². The number of hydrazone groups is 1. The Morgan fingerprint density at radius 1 is 1.08 bits per heavy atom. The van der Waals surface area contributed by atoms with Gasteiger partial charge in [0, 0.05) is 39.3 Å². The number of thioether (sulfide) groups is 1. The van der Waals surface area contributed by atoms with E-state index in [0.717, 1.165) is 57.4 Å². The molecule has 3 N–H and O–H groups in total. The van der Waals surface area contributed by atoms with Crippen LogP contribution >= 0.6 is 11.8 Å². The number of aromatic nitrogens is 3. The number of likely N-dealkylation sites (tertiary alicyclic amines) is 1. The fourth-order valence-electron chi connectivity index (χ4n) is 4.08. The van der Waals surface area contributed by atoms with Crippen molar-refractivity contribution in [2.75, 3.05) is 38.6 Å². The molecule has 0 spiro atoms. The van der Waals surface area contributed by atoms with Crippen molar-refractivity contribution in [1.29, 1.82) is 0 Å². The van der Waals surface area contributed by atoms with Crippen LogP contribution in [0.4, 0.5) is 0 Å². The molecular weight excluding hydrogens is 480 g/mol. The smallest absolute Gasteiger partial charge is 0.273 e. The summed E-state index contributed by atoms with van der Waals surface area (Å²) in [7, 11) is 0. The fourth-order valence-corrected chi connectivity index (χ4v) is 4.90. The highest BCUT2D eigenvalue weighted by molar-refractivity contribution is 8.14. The van der Waals surface area contributed by atoms with E-state index in [-0.39, 0.29) is 17.9 Å². The topological polar surface area (TPSA) is 128 Å². The molecule has 36 heavy (non-hydrogen) atoms. The Morgan fingerprint density at radius 3 is 2.67 bits per heavy atom. The third-order valence-corrected chi connectivity index (χ3v) is 7.02. The number of benzene rings is 1. The van der Waals surface area contributed by atoms with Gasteiger partial charge in [-0.2, -0.15) is 5.10 Å². The van der Waals surface area contributed by atoms with Gasteiger partial charge < -0.3 is 20.6 Å². The van der Waals surface area contributed by atoms with E-state index in [4.69, 9.17) is 0 Å². The summed E-state index contributed by atoms with van der Waals surface area (Å²) in [4.78, 5) is 26.8. The minimum absolute atomic E-state index is 0.0633. The zero-order valence-electron chi connectivity index (χ0n) is 20.4. The number of nitrogens with one attached hydrogen (secondary N) is 2. The number of amidine groups is 1. The molecule has 4 rings (SSSR count). The van der Waals surface area contributed by atoms with Crippen molar-refractivity contribution in [2.45, 2.75) is 44.8 Å². The highest BCUT2D eigenvalue weighted by atomic mass is 32.2. The van der Waals surface area contributed by atoms with Gasteiger partial charge >= 0.3 is 0 Å². The first-order chi connectivity index (χ1) is 17.5. The van der Waals surface area contributed by atoms with Crippen LogP contribution in [-0.2, 0) is 17.8 Å². The lowest BCUT2D eigenvalue weighted by atomic mass is 10.1. The van der Waals surface area contributed by atoms with Crippen LogP contribution in [0.3, 0.4) is 0 Å². The van der Waals surface area contributed by atoms with E-state index in [9.17, 15) is 14.7 Å². The Bertz CT molecular complexity index is 1020. The Labute approximate surface area is 215 Å². The zero-order valence-corrected chi connectivity index (χ0v) is 21.2. The molecule has 2 aliphatic heterocycles. The Morgan fingerprint density at radius 2 is 1.86 bits per heavy atom. The van der Waals surface area contributed by atoms with Gasteiger partial charge in [-0.3, -0.25) is 19.3 Å². The van der Waals surface area contributed by atoms with Gasteiger partial charge in [0.25, 0.3) is 5.91 Å². The molecule has 2 amide bonds. The molecule has 0 atom stereocenters. The maximum absolute atomic E-state index is 12.3. The van der Waals surface area contributed by atoms with Crippen molar-refractivity contribution in [2.24, 2.45) is 5.10 Å². The third kappa shape index (κ3) is 8.32. The summed E-state index contributed by atoms with van der Waals surface area (Å²) in [6.45, 7) is 4.48. The number of hydrogen-bond acceptors (Lipinski definition) is 9. The summed E-state index contributed by atoms with van der Waals surface area (Å²) in [6, 6.07) is 9.65. The minimum Gasteiger partial charge on any atom is -0.393 e. The second-order valence-corrected chi connectivity index (χ2v) is 9.96. The highest BCUT2D eigenvalue weighted by Gasteiger charge is 2.18. The maximum atomic E-state index is 12.3. The monoisotopic (exact) mass is 514 g/mol. The lowest BCUT2D eigenvalue weighted by Gasteiger charge is -2.29. The number of aliphatic hydroxyl groups excluding tert-OH is 1. The number of carbonyl (C=O) groups excluding carboxylic acids is 2. The molecule has 1 aromatic heterocycles. The summed E-state index contributed by atoms with van der Waals surface area (Å²) in [5.41, 5.74) is 1.30. The largest absolute Gasteiger partial charge is 0.393 e. The van der Waals surface area contributed by atoms with E-state index in [1.54, 1.807) is 10.9 Å². The average molecular weight is 515 g/mol. The number of nitrogens with zero attached hydrogens (tertiary/aromatic N) is 6. The molecule has 0 unspecified atom stereocenters. The number of amides is 2. The van der Waals surface area contributed by atoms with Gasteiger partial charge in [-0.15, -0.1) is 5.10 Å². The zero-order chi connectivity index (χ0) is 25.2. The van der Waals surface area contributed by atoms with E-state index in [2.05, 4.69) is 30.9 Å². The van der Waals surface area contributed by atoms with Crippen LogP contribution in [0, 0.1) is 0 Å². The Hall–Kier alpha value is -2.96. The lowest BCUT2D eigenvalue weighted by Crippen LogP contribution is -2.40. The quantitative estimate of drug-likeness (QED) is 0.377. The van der Waals surface area contributed by atoms with Crippen LogP contribution in [0.1, 0.15) is 41.7 Å². The Balaban J connectivity index is 1.09. The van der Waals surface area contributed by atoms with Crippen LogP contribution < -0.4 is 10.6 Å². The van der Waals surface area contributed by atoms with E-state index in [1.807, 2.05) is 35.3 Å². The molecular formula is C24H34N8O3S. The first kappa shape index (κ1) is 26.1. The number of rotatable bonds is 11. The molecule has 0 saturated carbocycles. The lowest BCUT2D eigenvalue weighted by molar-refractivity contribution is -0.119. The molecule has 0 bridgehead atoms. The van der Waals surface area contributed by atoms with Gasteiger partial charge in [-0.25, -0.2) is 0 Å². The van der Waals surface area contributed by atoms with Crippen molar-refractivity contribution < 1.29 is 14.7 Å². The molecule has 2 aromatic rings. The van der Waals surface area contributed by atoms with E-state index < -0.39 is 0 Å². The second-order valence-electron chi connectivity index (χ2n) is 9.02. The summed E-state index contributed by atoms with van der Waals surface area (Å²) >= 11 is 1.52. The van der Waals surface area contributed by atoms with Crippen molar-refractivity contribution in [1.82, 2.24) is 35.5 Å². The number of aryl methyl sites for hydroxylation is 1. The summed E-state index contributed by atoms with van der Waals surface area (Å²) in [5, 5.41) is 30.5. The first-order valence-electron chi connectivity index (χ1n) is 12.4. The third-order valence-electron chi connectivity index (χ3n) is 6.13. The summed E-state index contributed by atoms with van der Waals surface area (Å²) < 4.78 is 1.69. The highest BCUT2D eigenvalue weighted by Crippen LogP contribution is 2.16. The van der Waals surface area contributed by atoms with Crippen LogP contribution in [0.15, 0.2) is 41.6 Å². The standard InChI is InChI=1S/C24H34N8O3S/c33-20-8-13-30(14-9-20)15-10-25-23(35)21-17-31(29-27-21)11-4-5-12-32-18-36-24(28-32)26-22(34)16-19-6-2-1-3-7-19/h1-3,6-7,17,20,33H,4-5,8-16,18H2,(H,25,35)(H,26,28,34). The van der Waals surface area contributed by atoms with E-state index >= 15 is 0 Å².